The van der Waals surface area contributed by atoms with Gasteiger partial charge in [0.15, 0.2) is 17.7 Å². The molecule has 0 saturated carbocycles. The number of imidazole rings is 1. The van der Waals surface area contributed by atoms with E-state index in [1.54, 1.807) is 6.08 Å². The maximum atomic E-state index is 12.7. The predicted octanol–water partition coefficient (Wildman–Crippen LogP) is 3.70. The monoisotopic (exact) mass is 1000 g/mol. The number of ether oxygens (including phenoxy) is 1. The summed E-state index contributed by atoms with van der Waals surface area (Å²) in [6.45, 7) is 2.70. The fourth-order valence-electron chi connectivity index (χ4n) is 6.21. The minimum atomic E-state index is -5.58. The quantitative estimate of drug-likeness (QED) is 0.0225. The van der Waals surface area contributed by atoms with Gasteiger partial charge in [-0.05, 0) is 18.9 Å². The summed E-state index contributed by atoms with van der Waals surface area (Å²) in [5.41, 5.74) is 4.27. The van der Waals surface area contributed by atoms with E-state index in [0.717, 1.165) is 41.8 Å². The molecule has 3 rings (SSSR count). The number of fused-ring (bicyclic) bond motifs is 1. The Morgan fingerprint density at radius 3 is 2.29 bits per heavy atom. The molecule has 0 aliphatic carbocycles. The van der Waals surface area contributed by atoms with Crippen molar-refractivity contribution in [2.45, 2.75) is 122 Å². The van der Waals surface area contributed by atoms with E-state index in [1.807, 2.05) is 12.2 Å². The van der Waals surface area contributed by atoms with Crippen molar-refractivity contribution < 1.29 is 80.5 Å². The number of carbonyl (C=O) groups excluding carboxylic acids is 3. The van der Waals surface area contributed by atoms with Crippen LogP contribution in [-0.2, 0) is 50.7 Å². The van der Waals surface area contributed by atoms with Gasteiger partial charge in [-0.15, -0.1) is 0 Å². The number of carbonyl (C=O) groups is 3. The largest absolute Gasteiger partial charge is 0.481 e. The Hall–Kier alpha value is -2.96. The van der Waals surface area contributed by atoms with Crippen LogP contribution in [0.2, 0.25) is 0 Å². The first-order valence-electron chi connectivity index (χ1n) is 20.9. The summed E-state index contributed by atoms with van der Waals surface area (Å²) in [7, 11) is -16.4. The third kappa shape index (κ3) is 20.4. The number of nitrogens with two attached hydrogens (primary N) is 1. The van der Waals surface area contributed by atoms with Crippen LogP contribution < -0.4 is 16.4 Å². The van der Waals surface area contributed by atoms with Crippen molar-refractivity contribution in [1.82, 2.24) is 30.2 Å². The Kier molecular flexibility index (Phi) is 23.5. The molecule has 2 aromatic rings. The van der Waals surface area contributed by atoms with Crippen LogP contribution in [0.5, 0.6) is 0 Å². The van der Waals surface area contributed by atoms with Gasteiger partial charge in [-0.1, -0.05) is 102 Å². The first-order valence-corrected chi connectivity index (χ1v) is 26.5. The molecule has 7 atom stereocenters. The molecule has 1 fully saturated rings. The van der Waals surface area contributed by atoms with Crippen molar-refractivity contribution in [1.29, 1.82) is 0 Å². The van der Waals surface area contributed by atoms with Crippen LogP contribution >= 0.6 is 35.2 Å². The van der Waals surface area contributed by atoms with Gasteiger partial charge in [0.2, 0.25) is 16.9 Å². The maximum absolute atomic E-state index is 12.7. The van der Waals surface area contributed by atoms with E-state index >= 15 is 0 Å². The average molecular weight is 1000 g/mol. The second-order valence-corrected chi connectivity index (χ2v) is 21.0. The molecule has 0 aromatic carbocycles. The number of rotatable bonds is 31. The fourth-order valence-corrected chi connectivity index (χ4v) is 9.62. The number of anilines is 1. The van der Waals surface area contributed by atoms with Crippen LogP contribution in [0.4, 0.5) is 5.82 Å². The minimum Gasteiger partial charge on any atom is -0.386 e. The van der Waals surface area contributed by atoms with E-state index in [0.29, 0.717) is 5.75 Å². The van der Waals surface area contributed by atoms with Gasteiger partial charge >= 0.3 is 23.5 Å². The van der Waals surface area contributed by atoms with Crippen molar-refractivity contribution in [3.8, 4) is 0 Å². The van der Waals surface area contributed by atoms with Gasteiger partial charge in [0, 0.05) is 30.7 Å². The highest BCUT2D eigenvalue weighted by Gasteiger charge is 2.50. The predicted molar refractivity (Wildman–Crippen MR) is 237 cm³/mol. The highest BCUT2D eigenvalue weighted by atomic mass is 32.2. The fraction of sp³-hybridized carbons (Fsp3) is 0.676. The number of amides is 2. The molecule has 0 radical (unpaired) electrons. The molecule has 0 spiro atoms. The summed E-state index contributed by atoms with van der Waals surface area (Å²) in [4.78, 5) is 88.1. The number of phosphoric ester groups is 3. The lowest BCUT2D eigenvalue weighted by molar-refractivity contribution is -0.137. The highest BCUT2D eigenvalue weighted by Crippen LogP contribution is 2.61. The number of hydrogen-bond donors (Lipinski definition) is 9. The van der Waals surface area contributed by atoms with Crippen LogP contribution in [0.1, 0.15) is 97.6 Å². The molecule has 7 unspecified atom stereocenters. The third-order valence-electron chi connectivity index (χ3n) is 9.70. The Morgan fingerprint density at radius 1 is 0.954 bits per heavy atom. The van der Waals surface area contributed by atoms with Gasteiger partial charge in [-0.3, -0.25) is 32.5 Å². The van der Waals surface area contributed by atoms with E-state index in [1.165, 1.54) is 71.3 Å². The number of allylic oxidation sites excluding steroid dienone is 3. The maximum Gasteiger partial charge on any atom is 0.481 e. The second kappa shape index (κ2) is 27.1. The van der Waals surface area contributed by atoms with Gasteiger partial charge in [-0.2, -0.15) is 4.31 Å². The normalized spacial score (nSPS) is 20.6. The van der Waals surface area contributed by atoms with Gasteiger partial charge < -0.3 is 50.9 Å². The third-order valence-corrected chi connectivity index (χ3v) is 13.6. The molecule has 10 N–H and O–H groups in total. The second-order valence-electron chi connectivity index (χ2n) is 15.6. The Morgan fingerprint density at radius 2 is 1.62 bits per heavy atom. The van der Waals surface area contributed by atoms with Crippen molar-refractivity contribution in [2.24, 2.45) is 5.41 Å². The number of phosphoric acid groups is 3. The first kappa shape index (κ1) is 56.4. The zero-order valence-corrected chi connectivity index (χ0v) is 40.0. The highest BCUT2D eigenvalue weighted by molar-refractivity contribution is 8.14. The number of nitrogen functional groups attached to an aromatic ring is 1. The summed E-state index contributed by atoms with van der Waals surface area (Å²) in [6, 6.07) is 0. The van der Waals surface area contributed by atoms with Crippen molar-refractivity contribution in [2.75, 3.05) is 37.8 Å². The Labute approximate surface area is 381 Å². The van der Waals surface area contributed by atoms with E-state index in [4.69, 9.17) is 19.5 Å². The van der Waals surface area contributed by atoms with Crippen LogP contribution in [0, 0.1) is 5.41 Å². The SMILES string of the molecule is CCCCCCCCCCC/C=C/C=C/C(=O)SCCNC(=O)CCNC(=O)C(O)C(C)(C)COP(=O)(O)OP(=O)(O)OCC1OC(n2cnc3c(N)ncnc32)C(O)C1OP(=O)(O)O. The van der Waals surface area contributed by atoms with Gasteiger partial charge in [0.25, 0.3) is 0 Å². The summed E-state index contributed by atoms with van der Waals surface area (Å²) < 4.78 is 62.3. The molecule has 2 amide bonds. The van der Waals surface area contributed by atoms with E-state index in [2.05, 4.69) is 41.3 Å². The number of nitrogens with zero attached hydrogens (tertiary/aromatic N) is 4. The summed E-state index contributed by atoms with van der Waals surface area (Å²) in [6.07, 6.45) is 12.4. The zero-order chi connectivity index (χ0) is 48.3. The lowest BCUT2D eigenvalue weighted by Gasteiger charge is -2.30. The van der Waals surface area contributed by atoms with Gasteiger partial charge in [-0.25, -0.2) is 28.6 Å². The van der Waals surface area contributed by atoms with E-state index in [9.17, 15) is 57.9 Å². The molecule has 1 aliphatic rings. The topological polar surface area (TPSA) is 364 Å². The summed E-state index contributed by atoms with van der Waals surface area (Å²) in [5.74, 6) is -1.14. The number of hydrogen-bond acceptors (Lipinski definition) is 18. The molecule has 24 nitrogen and oxygen atoms in total. The number of thioether (sulfide) groups is 1. The molecular formula is C37H62N7O17P3S. The zero-order valence-electron chi connectivity index (χ0n) is 36.5. The lowest BCUT2D eigenvalue weighted by atomic mass is 9.87. The molecular weight excluding hydrogens is 939 g/mol. The summed E-state index contributed by atoms with van der Waals surface area (Å²) in [5, 5.41) is 26.3. The lowest BCUT2D eigenvalue weighted by Crippen LogP contribution is -2.46. The molecule has 1 aliphatic heterocycles. The number of aliphatic hydroxyl groups excluding tert-OH is 2. The number of nitrogens with one attached hydrogen (secondary N) is 2. The van der Waals surface area contributed by atoms with Crippen molar-refractivity contribution in [3.63, 3.8) is 0 Å². The van der Waals surface area contributed by atoms with Crippen LogP contribution in [0.25, 0.3) is 11.2 Å². The summed E-state index contributed by atoms with van der Waals surface area (Å²) >= 11 is 1.03. The Balaban J connectivity index is 1.35. The smallest absolute Gasteiger partial charge is 0.386 e. The number of aliphatic hydroxyl groups is 2. The van der Waals surface area contributed by atoms with Gasteiger partial charge in [0.05, 0.1) is 19.5 Å². The molecule has 28 heteroatoms. The molecule has 3 heterocycles. The average Bonchev–Trinajstić information content (AvgIpc) is 3.79. The molecule has 2 aromatic heterocycles. The molecule has 1 saturated heterocycles. The first-order chi connectivity index (χ1) is 30.6. The van der Waals surface area contributed by atoms with Crippen molar-refractivity contribution >= 4 is 69.1 Å². The molecule has 368 valence electrons. The molecule has 65 heavy (non-hydrogen) atoms. The van der Waals surface area contributed by atoms with Gasteiger partial charge in [0.1, 0.15) is 36.3 Å². The van der Waals surface area contributed by atoms with Crippen LogP contribution in [0.15, 0.2) is 37.0 Å². The van der Waals surface area contributed by atoms with Crippen LogP contribution in [-0.4, -0.2) is 123 Å². The Bertz CT molecular complexity index is 2050. The standard InChI is InChI=1S/C37H62N7O17P3S/c1-4-5-6-7-8-9-10-11-12-13-14-15-16-17-28(46)65-21-20-39-27(45)18-19-40-35(49)32(48)37(2,3)23-58-64(55,56)61-63(53,54)57-22-26-31(60-62(50,51)52)30(47)36(59-26)44-25-43-29-33(38)41-24-42-34(29)44/h14-17,24-26,30-32,36,47-48H,4-13,18-23H2,1-3H3,(H,39,45)(H,40,49)(H,53,54)(H,55,56)(H2,38,41,42)(H2,50,51,52)/b15-14+,17-16+. The number of unbranched alkanes of at least 4 members (excludes halogenated alkanes) is 9. The van der Waals surface area contributed by atoms with E-state index < -0.39 is 84.6 Å². The minimum absolute atomic E-state index is 0.0309. The van der Waals surface area contributed by atoms with Crippen LogP contribution in [0.3, 0.4) is 0 Å². The molecule has 0 bridgehead atoms. The number of aromatic nitrogens is 4. The van der Waals surface area contributed by atoms with E-state index in [-0.39, 0.29) is 41.6 Å². The van der Waals surface area contributed by atoms with Crippen molar-refractivity contribution in [3.05, 3.63) is 37.0 Å².